The fraction of sp³-hybridized carbons (Fsp3) is 0.0769. The molecular weight excluding hydrogens is 468 g/mol. The number of fused-ring (bicyclic) bond motifs is 1. The van der Waals surface area contributed by atoms with Crippen LogP contribution >= 0.6 is 22.9 Å². The Kier molecular flexibility index (Phi) is 6.20. The maximum atomic E-state index is 12.4. The molecule has 0 unspecified atom stereocenters. The number of thiazole rings is 1. The molecule has 168 valence electrons. The second kappa shape index (κ2) is 9.59. The van der Waals surface area contributed by atoms with Gasteiger partial charge in [-0.15, -0.1) is 11.3 Å². The SMILES string of the molecule is O=C(CCc1nc2ccccc2[nH]c1=O)Nc1ccc(-c2csc(-c3ccc(Cl)cc3)n2)cc1. The zero-order chi connectivity index (χ0) is 23.5. The molecule has 2 heterocycles. The number of benzene rings is 3. The summed E-state index contributed by atoms with van der Waals surface area (Å²) in [4.78, 5) is 36.6. The Morgan fingerprint density at radius 1 is 0.941 bits per heavy atom. The largest absolute Gasteiger partial charge is 0.326 e. The molecule has 0 saturated heterocycles. The number of hydrogen-bond acceptors (Lipinski definition) is 5. The van der Waals surface area contributed by atoms with Crippen LogP contribution in [-0.2, 0) is 11.2 Å². The number of nitrogens with one attached hydrogen (secondary N) is 2. The van der Waals surface area contributed by atoms with Crippen LogP contribution in [0.5, 0.6) is 0 Å². The smallest absolute Gasteiger partial charge is 0.270 e. The van der Waals surface area contributed by atoms with Crippen molar-refractivity contribution in [2.75, 3.05) is 5.32 Å². The summed E-state index contributed by atoms with van der Waals surface area (Å²) < 4.78 is 0. The predicted octanol–water partition coefficient (Wildman–Crippen LogP) is 5.94. The summed E-state index contributed by atoms with van der Waals surface area (Å²) in [7, 11) is 0. The Morgan fingerprint density at radius 3 is 2.47 bits per heavy atom. The molecule has 0 aliphatic rings. The molecule has 0 saturated carbocycles. The number of anilines is 1. The molecule has 0 aliphatic carbocycles. The Morgan fingerprint density at radius 2 is 1.68 bits per heavy atom. The summed E-state index contributed by atoms with van der Waals surface area (Å²) in [5, 5.41) is 6.49. The molecule has 0 aliphatic heterocycles. The van der Waals surface area contributed by atoms with Crippen LogP contribution in [0.2, 0.25) is 5.02 Å². The standard InChI is InChI=1S/C26H19ClN4O2S/c27-18-9-5-17(6-10-18)26-31-23(15-34-26)16-7-11-19(12-8-16)28-24(32)14-13-22-25(33)30-21-4-2-1-3-20(21)29-22/h1-12,15H,13-14H2,(H,28,32)(H,30,33). The van der Waals surface area contributed by atoms with E-state index in [4.69, 9.17) is 16.6 Å². The molecule has 0 fully saturated rings. The molecule has 0 radical (unpaired) electrons. The lowest BCUT2D eigenvalue weighted by Crippen LogP contribution is -2.19. The molecule has 0 bridgehead atoms. The minimum Gasteiger partial charge on any atom is -0.326 e. The average molecular weight is 487 g/mol. The highest BCUT2D eigenvalue weighted by Gasteiger charge is 2.10. The van der Waals surface area contributed by atoms with Gasteiger partial charge < -0.3 is 10.3 Å². The van der Waals surface area contributed by atoms with E-state index in [1.165, 1.54) is 0 Å². The van der Waals surface area contributed by atoms with Crippen molar-refractivity contribution in [3.8, 4) is 21.8 Å². The first-order chi connectivity index (χ1) is 16.5. The molecule has 8 heteroatoms. The van der Waals surface area contributed by atoms with Crippen molar-refractivity contribution in [2.24, 2.45) is 0 Å². The van der Waals surface area contributed by atoms with Crippen LogP contribution in [0.4, 0.5) is 5.69 Å². The van der Waals surface area contributed by atoms with Crippen LogP contribution in [0.25, 0.3) is 32.9 Å². The molecule has 6 nitrogen and oxygen atoms in total. The first kappa shape index (κ1) is 22.0. The van der Waals surface area contributed by atoms with Crippen LogP contribution < -0.4 is 10.9 Å². The van der Waals surface area contributed by atoms with E-state index in [0.717, 1.165) is 21.8 Å². The number of aromatic nitrogens is 3. The number of hydrogen-bond donors (Lipinski definition) is 2. The van der Waals surface area contributed by atoms with Crippen LogP contribution in [-0.4, -0.2) is 20.9 Å². The third-order valence-corrected chi connectivity index (χ3v) is 6.46. The van der Waals surface area contributed by atoms with E-state index in [-0.39, 0.29) is 24.3 Å². The van der Waals surface area contributed by atoms with E-state index in [1.807, 2.05) is 72.1 Å². The molecule has 2 N–H and O–H groups in total. The Bertz CT molecular complexity index is 1530. The van der Waals surface area contributed by atoms with Crippen LogP contribution in [0.15, 0.2) is 83.0 Å². The van der Waals surface area contributed by atoms with Gasteiger partial charge in [0, 0.05) is 40.1 Å². The van der Waals surface area contributed by atoms with Crippen LogP contribution in [0.3, 0.4) is 0 Å². The maximum Gasteiger partial charge on any atom is 0.270 e. The van der Waals surface area contributed by atoms with Gasteiger partial charge in [-0.3, -0.25) is 9.59 Å². The van der Waals surface area contributed by atoms with Gasteiger partial charge in [-0.25, -0.2) is 9.97 Å². The van der Waals surface area contributed by atoms with Crippen molar-refractivity contribution >= 4 is 45.6 Å². The number of aromatic amines is 1. The van der Waals surface area contributed by atoms with Crippen LogP contribution in [0, 0.1) is 0 Å². The maximum absolute atomic E-state index is 12.4. The van der Waals surface area contributed by atoms with E-state index in [9.17, 15) is 9.59 Å². The molecule has 0 spiro atoms. The van der Waals surface area contributed by atoms with Crippen molar-refractivity contribution in [1.82, 2.24) is 15.0 Å². The third kappa shape index (κ3) is 4.90. The molecule has 2 aromatic heterocycles. The molecular formula is C26H19ClN4O2S. The fourth-order valence-electron chi connectivity index (χ4n) is 3.55. The number of carbonyl (C=O) groups is 1. The number of aryl methyl sites for hydroxylation is 1. The summed E-state index contributed by atoms with van der Waals surface area (Å²) in [5.41, 5.74) is 5.00. The summed E-state index contributed by atoms with van der Waals surface area (Å²) in [6.07, 6.45) is 0.420. The third-order valence-electron chi connectivity index (χ3n) is 5.32. The topological polar surface area (TPSA) is 87.7 Å². The number of H-pyrrole nitrogens is 1. The van der Waals surface area contributed by atoms with Crippen molar-refractivity contribution in [3.63, 3.8) is 0 Å². The zero-order valence-electron chi connectivity index (χ0n) is 17.9. The van der Waals surface area contributed by atoms with Gasteiger partial charge in [0.05, 0.1) is 16.7 Å². The molecule has 5 aromatic rings. The van der Waals surface area contributed by atoms with Gasteiger partial charge in [0.1, 0.15) is 10.7 Å². The molecule has 5 rings (SSSR count). The molecule has 0 atom stereocenters. The van der Waals surface area contributed by atoms with E-state index < -0.39 is 0 Å². The second-order valence-electron chi connectivity index (χ2n) is 7.70. The van der Waals surface area contributed by atoms with Gasteiger partial charge in [0.15, 0.2) is 0 Å². The molecule has 1 amide bonds. The predicted molar refractivity (Wildman–Crippen MR) is 137 cm³/mol. The Hall–Kier alpha value is -3.81. The van der Waals surface area contributed by atoms with Crippen molar-refractivity contribution in [1.29, 1.82) is 0 Å². The van der Waals surface area contributed by atoms with Gasteiger partial charge in [-0.05, 0) is 36.4 Å². The summed E-state index contributed by atoms with van der Waals surface area (Å²) in [5.74, 6) is -0.180. The number of carbonyl (C=O) groups excluding carboxylic acids is 1. The van der Waals surface area contributed by atoms with E-state index in [1.54, 1.807) is 17.4 Å². The lowest BCUT2D eigenvalue weighted by Gasteiger charge is -2.06. The minimum atomic E-state index is -0.267. The quantitative estimate of drug-likeness (QED) is 0.311. The summed E-state index contributed by atoms with van der Waals surface area (Å²) in [6, 6.07) is 22.5. The van der Waals surface area contributed by atoms with Crippen molar-refractivity contribution in [3.05, 3.63) is 99.2 Å². The first-order valence-electron chi connectivity index (χ1n) is 10.6. The van der Waals surface area contributed by atoms with E-state index >= 15 is 0 Å². The molecule has 34 heavy (non-hydrogen) atoms. The Balaban J connectivity index is 1.21. The van der Waals surface area contributed by atoms with Crippen molar-refractivity contribution in [2.45, 2.75) is 12.8 Å². The van der Waals surface area contributed by atoms with Crippen molar-refractivity contribution < 1.29 is 4.79 Å². The number of amides is 1. The zero-order valence-corrected chi connectivity index (χ0v) is 19.5. The summed E-state index contributed by atoms with van der Waals surface area (Å²) in [6.45, 7) is 0. The lowest BCUT2D eigenvalue weighted by molar-refractivity contribution is -0.116. The van der Waals surface area contributed by atoms with E-state index in [2.05, 4.69) is 15.3 Å². The number of para-hydroxylation sites is 2. The number of halogens is 1. The van der Waals surface area contributed by atoms with Crippen LogP contribution in [0.1, 0.15) is 12.1 Å². The first-order valence-corrected chi connectivity index (χ1v) is 11.9. The van der Waals surface area contributed by atoms with Gasteiger partial charge in [0.2, 0.25) is 5.91 Å². The Labute approximate surface area is 204 Å². The van der Waals surface area contributed by atoms with Gasteiger partial charge in [0.25, 0.3) is 5.56 Å². The van der Waals surface area contributed by atoms with E-state index in [0.29, 0.717) is 27.4 Å². The highest BCUT2D eigenvalue weighted by atomic mass is 35.5. The molecule has 3 aromatic carbocycles. The van der Waals surface area contributed by atoms with Gasteiger partial charge in [-0.1, -0.05) is 48.0 Å². The fourth-order valence-corrected chi connectivity index (χ4v) is 4.51. The van der Waals surface area contributed by atoms with Gasteiger partial charge in [-0.2, -0.15) is 0 Å². The highest BCUT2D eigenvalue weighted by Crippen LogP contribution is 2.30. The average Bonchev–Trinajstić information content (AvgIpc) is 3.34. The lowest BCUT2D eigenvalue weighted by atomic mass is 10.1. The number of nitrogens with zero attached hydrogens (tertiary/aromatic N) is 2. The normalized spacial score (nSPS) is 11.0. The van der Waals surface area contributed by atoms with Gasteiger partial charge >= 0.3 is 0 Å². The second-order valence-corrected chi connectivity index (χ2v) is 8.99. The number of rotatable bonds is 6. The highest BCUT2D eigenvalue weighted by molar-refractivity contribution is 7.13. The minimum absolute atomic E-state index is 0.159. The monoisotopic (exact) mass is 486 g/mol. The summed E-state index contributed by atoms with van der Waals surface area (Å²) >= 11 is 7.53.